The first kappa shape index (κ1) is 24.1. The third-order valence-electron chi connectivity index (χ3n) is 6.41. The van der Waals surface area contributed by atoms with Crippen molar-refractivity contribution < 1.29 is 13.9 Å². The number of nitrogens with zero attached hydrogens (tertiary/aromatic N) is 5. The largest absolute Gasteiger partial charge is 0.481 e. The number of methoxy groups -OCH3 is 1. The Balaban J connectivity index is 1.42. The number of thiazole rings is 1. The molecule has 36 heavy (non-hydrogen) atoms. The molecule has 9 heteroatoms. The molecule has 0 spiro atoms. The van der Waals surface area contributed by atoms with Crippen molar-refractivity contribution in [1.82, 2.24) is 25.1 Å². The number of aryl methyl sites for hydroxylation is 1. The summed E-state index contributed by atoms with van der Waals surface area (Å²) in [6.45, 7) is 6.79. The Morgan fingerprint density at radius 3 is 2.72 bits per heavy atom. The fourth-order valence-corrected chi connectivity index (χ4v) is 5.53. The maximum atomic E-state index is 13.6. The van der Waals surface area contributed by atoms with Crippen LogP contribution in [0.25, 0.3) is 11.6 Å². The van der Waals surface area contributed by atoms with Crippen LogP contribution in [0.2, 0.25) is 0 Å². The fourth-order valence-electron chi connectivity index (χ4n) is 4.58. The molecular formula is C27H29N5O3S. The summed E-state index contributed by atoms with van der Waals surface area (Å²) in [6.07, 6.45) is 2.59. The standard InChI is InChI=1S/C27H29N5O3S/c1-17-16-36-24(28-17)21-11-8-12-32(21)25(33)19-13-20(29-22(14-19)34-4)23-30-31-26(35-23)27(2,3)15-18-9-6-5-7-10-18/h5-7,9-10,13-14,16,21H,8,11-12,15H2,1-4H3. The molecule has 4 heterocycles. The van der Waals surface area contributed by atoms with Gasteiger partial charge in [0.15, 0.2) is 0 Å². The Labute approximate surface area is 214 Å². The first-order valence-corrected chi connectivity index (χ1v) is 12.9. The van der Waals surface area contributed by atoms with Gasteiger partial charge < -0.3 is 14.1 Å². The highest BCUT2D eigenvalue weighted by atomic mass is 32.1. The SMILES string of the molecule is COc1cc(C(=O)N2CCCC2c2nc(C)cs2)cc(-c2nnc(C(C)(C)Cc3ccccc3)o2)n1. The summed E-state index contributed by atoms with van der Waals surface area (Å²) >= 11 is 1.60. The van der Waals surface area contributed by atoms with Gasteiger partial charge in [-0.2, -0.15) is 0 Å². The highest BCUT2D eigenvalue weighted by molar-refractivity contribution is 7.09. The summed E-state index contributed by atoms with van der Waals surface area (Å²) in [7, 11) is 1.53. The summed E-state index contributed by atoms with van der Waals surface area (Å²) in [4.78, 5) is 24.6. The highest BCUT2D eigenvalue weighted by Gasteiger charge is 2.33. The average Bonchev–Trinajstić information content (AvgIpc) is 3.64. The van der Waals surface area contributed by atoms with Gasteiger partial charge in [-0.05, 0) is 37.8 Å². The maximum absolute atomic E-state index is 13.6. The number of likely N-dealkylation sites (tertiary alicyclic amines) is 1. The normalized spacial score (nSPS) is 15.9. The molecule has 1 unspecified atom stereocenters. The zero-order valence-electron chi connectivity index (χ0n) is 20.9. The van der Waals surface area contributed by atoms with Gasteiger partial charge >= 0.3 is 0 Å². The number of ether oxygens (including phenoxy) is 1. The van der Waals surface area contributed by atoms with E-state index < -0.39 is 0 Å². The predicted octanol–water partition coefficient (Wildman–Crippen LogP) is 5.40. The molecule has 1 aliphatic heterocycles. The van der Waals surface area contributed by atoms with Crippen LogP contribution in [0.5, 0.6) is 5.88 Å². The Morgan fingerprint density at radius 2 is 2.00 bits per heavy atom. The zero-order valence-corrected chi connectivity index (χ0v) is 21.7. The maximum Gasteiger partial charge on any atom is 0.266 e. The number of pyridine rings is 1. The third kappa shape index (κ3) is 4.88. The molecule has 4 aromatic rings. The molecule has 0 aliphatic carbocycles. The molecule has 8 nitrogen and oxygen atoms in total. The van der Waals surface area contributed by atoms with Crippen molar-refractivity contribution in [2.24, 2.45) is 0 Å². The molecule has 1 amide bonds. The molecule has 0 bridgehead atoms. The summed E-state index contributed by atoms with van der Waals surface area (Å²) in [5.74, 6) is 1.00. The Hall–Kier alpha value is -3.59. The van der Waals surface area contributed by atoms with E-state index in [0.29, 0.717) is 29.6 Å². The molecule has 1 fully saturated rings. The number of carbonyl (C=O) groups is 1. The lowest BCUT2D eigenvalue weighted by Crippen LogP contribution is -2.30. The van der Waals surface area contributed by atoms with Crippen LogP contribution in [0, 0.1) is 6.92 Å². The number of hydrogen-bond acceptors (Lipinski definition) is 8. The number of amides is 1. The minimum atomic E-state index is -0.376. The van der Waals surface area contributed by atoms with Crippen molar-refractivity contribution in [3.63, 3.8) is 0 Å². The van der Waals surface area contributed by atoms with E-state index in [1.54, 1.807) is 23.5 Å². The summed E-state index contributed by atoms with van der Waals surface area (Å²) in [5.41, 5.74) is 2.67. The van der Waals surface area contributed by atoms with E-state index in [1.807, 2.05) is 35.4 Å². The number of carbonyl (C=O) groups excluding carboxylic acids is 1. The second kappa shape index (κ2) is 9.81. The van der Waals surface area contributed by atoms with Crippen molar-refractivity contribution in [2.75, 3.05) is 13.7 Å². The van der Waals surface area contributed by atoms with Crippen LogP contribution < -0.4 is 4.74 Å². The van der Waals surface area contributed by atoms with Gasteiger partial charge in [0.05, 0.1) is 13.2 Å². The molecular weight excluding hydrogens is 474 g/mol. The topological polar surface area (TPSA) is 94.2 Å². The second-order valence-electron chi connectivity index (χ2n) is 9.73. The third-order valence-corrected chi connectivity index (χ3v) is 7.47. The van der Waals surface area contributed by atoms with Crippen LogP contribution in [-0.4, -0.2) is 44.6 Å². The number of benzene rings is 1. The van der Waals surface area contributed by atoms with E-state index in [0.717, 1.165) is 30.0 Å². The van der Waals surface area contributed by atoms with Crippen molar-refractivity contribution in [3.05, 3.63) is 75.6 Å². The lowest BCUT2D eigenvalue weighted by molar-refractivity contribution is 0.0735. The van der Waals surface area contributed by atoms with Crippen molar-refractivity contribution in [1.29, 1.82) is 0 Å². The molecule has 0 N–H and O–H groups in total. The van der Waals surface area contributed by atoms with Crippen LogP contribution >= 0.6 is 11.3 Å². The minimum Gasteiger partial charge on any atom is -0.481 e. The average molecular weight is 504 g/mol. The molecule has 1 atom stereocenters. The number of hydrogen-bond donors (Lipinski definition) is 0. The molecule has 0 saturated carbocycles. The summed E-state index contributed by atoms with van der Waals surface area (Å²) < 4.78 is 11.5. The van der Waals surface area contributed by atoms with E-state index in [-0.39, 0.29) is 23.3 Å². The van der Waals surface area contributed by atoms with E-state index in [4.69, 9.17) is 9.15 Å². The van der Waals surface area contributed by atoms with E-state index in [1.165, 1.54) is 12.7 Å². The van der Waals surface area contributed by atoms with Crippen molar-refractivity contribution >= 4 is 17.2 Å². The van der Waals surface area contributed by atoms with Crippen LogP contribution in [0.3, 0.4) is 0 Å². The van der Waals surface area contributed by atoms with Gasteiger partial charge in [-0.1, -0.05) is 44.2 Å². The molecule has 0 radical (unpaired) electrons. The van der Waals surface area contributed by atoms with E-state index in [2.05, 4.69) is 46.1 Å². The van der Waals surface area contributed by atoms with Gasteiger partial charge in [0.25, 0.3) is 11.8 Å². The minimum absolute atomic E-state index is 0.0207. The Bertz CT molecular complexity index is 1360. The first-order valence-electron chi connectivity index (χ1n) is 12.0. The van der Waals surface area contributed by atoms with Gasteiger partial charge in [-0.25, -0.2) is 9.97 Å². The lowest BCUT2D eigenvalue weighted by Gasteiger charge is -2.23. The summed E-state index contributed by atoms with van der Waals surface area (Å²) in [5, 5.41) is 11.6. The van der Waals surface area contributed by atoms with E-state index >= 15 is 0 Å². The van der Waals surface area contributed by atoms with Crippen LogP contribution in [0.1, 0.15) is 65.2 Å². The van der Waals surface area contributed by atoms with Crippen LogP contribution in [0.4, 0.5) is 0 Å². The highest BCUT2D eigenvalue weighted by Crippen LogP contribution is 2.36. The van der Waals surface area contributed by atoms with Gasteiger partial charge in [-0.15, -0.1) is 21.5 Å². The molecule has 3 aromatic heterocycles. The predicted molar refractivity (Wildman–Crippen MR) is 137 cm³/mol. The molecule has 1 aromatic carbocycles. The second-order valence-corrected chi connectivity index (χ2v) is 10.6. The number of aromatic nitrogens is 4. The van der Waals surface area contributed by atoms with Gasteiger partial charge in [0.2, 0.25) is 11.8 Å². The molecule has 1 saturated heterocycles. The zero-order chi connectivity index (χ0) is 25.3. The summed E-state index contributed by atoms with van der Waals surface area (Å²) in [6, 6.07) is 13.5. The fraction of sp³-hybridized carbons (Fsp3) is 0.370. The van der Waals surface area contributed by atoms with Gasteiger partial charge in [0, 0.05) is 34.7 Å². The smallest absolute Gasteiger partial charge is 0.266 e. The lowest BCUT2D eigenvalue weighted by atomic mass is 9.86. The number of rotatable bonds is 7. The van der Waals surface area contributed by atoms with Crippen LogP contribution in [-0.2, 0) is 11.8 Å². The molecule has 1 aliphatic rings. The Kier molecular flexibility index (Phi) is 6.57. The van der Waals surface area contributed by atoms with E-state index in [9.17, 15) is 4.79 Å². The Morgan fingerprint density at radius 1 is 1.19 bits per heavy atom. The monoisotopic (exact) mass is 503 g/mol. The van der Waals surface area contributed by atoms with Crippen molar-refractivity contribution in [3.8, 4) is 17.5 Å². The van der Waals surface area contributed by atoms with Crippen LogP contribution in [0.15, 0.2) is 52.3 Å². The van der Waals surface area contributed by atoms with Crippen molar-refractivity contribution in [2.45, 2.75) is 51.5 Å². The first-order chi connectivity index (χ1) is 17.3. The van der Waals surface area contributed by atoms with Gasteiger partial charge in [0.1, 0.15) is 10.7 Å². The van der Waals surface area contributed by atoms with Gasteiger partial charge in [-0.3, -0.25) is 4.79 Å². The molecule has 5 rings (SSSR count). The quantitative estimate of drug-likeness (QED) is 0.333. The molecule has 186 valence electrons.